The van der Waals surface area contributed by atoms with Gasteiger partial charge in [-0.05, 0) is 30.7 Å². The molecule has 5 heteroatoms. The molecule has 17 heavy (non-hydrogen) atoms. The fourth-order valence-corrected chi connectivity index (χ4v) is 1.41. The molecule has 2 rings (SSSR count). The van der Waals surface area contributed by atoms with Crippen LogP contribution < -0.4 is 11.1 Å². The lowest BCUT2D eigenvalue weighted by molar-refractivity contribution is 0.0997. The second-order valence-electron chi connectivity index (χ2n) is 3.68. The molecular formula is C12H12N2O3. The van der Waals surface area contributed by atoms with Gasteiger partial charge in [-0.1, -0.05) is 6.07 Å². The van der Waals surface area contributed by atoms with Crippen LogP contribution in [0.5, 0.6) is 5.75 Å². The van der Waals surface area contributed by atoms with Gasteiger partial charge in [0.1, 0.15) is 5.75 Å². The molecule has 0 aliphatic heterocycles. The molecule has 0 bridgehead atoms. The summed E-state index contributed by atoms with van der Waals surface area (Å²) in [5.41, 5.74) is 6.60. The second-order valence-corrected chi connectivity index (χ2v) is 3.68. The molecule has 0 saturated carbocycles. The van der Waals surface area contributed by atoms with Crippen LogP contribution in [0.4, 0.5) is 11.6 Å². The highest BCUT2D eigenvalue weighted by molar-refractivity contribution is 6.03. The van der Waals surface area contributed by atoms with Gasteiger partial charge in [0.05, 0.1) is 5.69 Å². The van der Waals surface area contributed by atoms with Crippen molar-refractivity contribution in [1.29, 1.82) is 0 Å². The number of nitrogens with one attached hydrogen (secondary N) is 1. The zero-order chi connectivity index (χ0) is 12.4. The number of anilines is 2. The molecular weight excluding hydrogens is 220 g/mol. The number of amides is 1. The van der Waals surface area contributed by atoms with Gasteiger partial charge in [-0.25, -0.2) is 0 Å². The van der Waals surface area contributed by atoms with E-state index in [1.165, 1.54) is 12.1 Å². The van der Waals surface area contributed by atoms with Gasteiger partial charge in [0.25, 0.3) is 5.91 Å². The summed E-state index contributed by atoms with van der Waals surface area (Å²) in [4.78, 5) is 11.7. The Morgan fingerprint density at radius 1 is 1.35 bits per heavy atom. The van der Waals surface area contributed by atoms with E-state index in [9.17, 15) is 9.90 Å². The lowest BCUT2D eigenvalue weighted by Gasteiger charge is -2.06. The van der Waals surface area contributed by atoms with Crippen molar-refractivity contribution in [2.24, 2.45) is 0 Å². The van der Waals surface area contributed by atoms with E-state index in [4.69, 9.17) is 10.2 Å². The summed E-state index contributed by atoms with van der Waals surface area (Å²) < 4.78 is 4.97. The molecule has 1 aromatic heterocycles. The van der Waals surface area contributed by atoms with Gasteiger partial charge in [0.2, 0.25) is 0 Å². The first-order valence-electron chi connectivity index (χ1n) is 5.02. The van der Waals surface area contributed by atoms with Crippen molar-refractivity contribution in [3.63, 3.8) is 0 Å². The fraction of sp³-hybridized carbons (Fsp3) is 0.0833. The Hall–Kier alpha value is -2.43. The molecule has 0 radical (unpaired) electrons. The molecule has 1 amide bonds. The SMILES string of the molecule is Cc1ccc(NC(=O)c2ccc(N)o2)c(O)c1. The number of carbonyl (C=O) groups excluding carboxylic acids is 1. The van der Waals surface area contributed by atoms with Crippen LogP contribution in [-0.2, 0) is 0 Å². The molecule has 0 spiro atoms. The maximum atomic E-state index is 11.7. The summed E-state index contributed by atoms with van der Waals surface area (Å²) in [6, 6.07) is 7.92. The number of carbonyl (C=O) groups is 1. The molecule has 0 aliphatic carbocycles. The van der Waals surface area contributed by atoms with Crippen molar-refractivity contribution in [2.75, 3.05) is 11.1 Å². The largest absolute Gasteiger partial charge is 0.506 e. The predicted octanol–water partition coefficient (Wildman–Crippen LogP) is 2.13. The van der Waals surface area contributed by atoms with Crippen LogP contribution >= 0.6 is 0 Å². The van der Waals surface area contributed by atoms with E-state index in [1.54, 1.807) is 18.2 Å². The maximum absolute atomic E-state index is 11.7. The first-order chi connectivity index (χ1) is 8.06. The van der Waals surface area contributed by atoms with Crippen molar-refractivity contribution >= 4 is 17.5 Å². The average molecular weight is 232 g/mol. The van der Waals surface area contributed by atoms with Gasteiger partial charge in [0.15, 0.2) is 11.6 Å². The number of benzene rings is 1. The quantitative estimate of drug-likeness (QED) is 0.692. The Kier molecular flexibility index (Phi) is 2.74. The van der Waals surface area contributed by atoms with E-state index in [0.717, 1.165) is 5.56 Å². The Morgan fingerprint density at radius 3 is 2.71 bits per heavy atom. The fourth-order valence-electron chi connectivity index (χ4n) is 1.41. The Morgan fingerprint density at radius 2 is 2.12 bits per heavy atom. The lowest BCUT2D eigenvalue weighted by atomic mass is 10.2. The number of phenols is 1. The number of nitrogen functional groups attached to an aromatic ring is 1. The highest BCUT2D eigenvalue weighted by atomic mass is 16.4. The molecule has 1 aromatic carbocycles. The maximum Gasteiger partial charge on any atom is 0.291 e. The molecule has 4 N–H and O–H groups in total. The Balaban J connectivity index is 2.18. The van der Waals surface area contributed by atoms with Crippen molar-refractivity contribution in [2.45, 2.75) is 6.92 Å². The van der Waals surface area contributed by atoms with Gasteiger partial charge in [0, 0.05) is 6.07 Å². The zero-order valence-corrected chi connectivity index (χ0v) is 9.23. The highest BCUT2D eigenvalue weighted by Gasteiger charge is 2.12. The van der Waals surface area contributed by atoms with E-state index < -0.39 is 5.91 Å². The topological polar surface area (TPSA) is 88.5 Å². The van der Waals surface area contributed by atoms with Gasteiger partial charge in [-0.15, -0.1) is 0 Å². The summed E-state index contributed by atoms with van der Waals surface area (Å²) in [5.74, 6) is -0.176. The Bertz CT molecular complexity index is 561. The Labute approximate surface area is 97.9 Å². The van der Waals surface area contributed by atoms with Gasteiger partial charge in [-0.3, -0.25) is 4.79 Å². The second kappa shape index (κ2) is 4.21. The van der Waals surface area contributed by atoms with Crippen molar-refractivity contribution in [3.05, 3.63) is 41.7 Å². The van der Waals surface area contributed by atoms with Gasteiger partial charge < -0.3 is 20.6 Å². The minimum Gasteiger partial charge on any atom is -0.506 e. The molecule has 88 valence electrons. The number of furan rings is 1. The molecule has 2 aromatic rings. The van der Waals surface area contributed by atoms with Crippen molar-refractivity contribution in [3.8, 4) is 5.75 Å². The van der Waals surface area contributed by atoms with Gasteiger partial charge >= 0.3 is 0 Å². The molecule has 0 fully saturated rings. The first-order valence-corrected chi connectivity index (χ1v) is 5.02. The van der Waals surface area contributed by atoms with Crippen LogP contribution in [-0.4, -0.2) is 11.0 Å². The number of rotatable bonds is 2. The van der Waals surface area contributed by atoms with E-state index in [2.05, 4.69) is 5.32 Å². The van der Waals surface area contributed by atoms with Crippen LogP contribution in [0.1, 0.15) is 16.1 Å². The molecule has 0 saturated heterocycles. The zero-order valence-electron chi connectivity index (χ0n) is 9.23. The lowest BCUT2D eigenvalue weighted by Crippen LogP contribution is -2.10. The van der Waals surface area contributed by atoms with E-state index in [0.29, 0.717) is 5.69 Å². The molecule has 1 heterocycles. The summed E-state index contributed by atoms with van der Waals surface area (Å²) in [5, 5.41) is 12.2. The normalized spacial score (nSPS) is 10.2. The first kappa shape index (κ1) is 11.1. The highest BCUT2D eigenvalue weighted by Crippen LogP contribution is 2.24. The standard InChI is InChI=1S/C12H12N2O3/c1-7-2-3-8(9(15)6-7)14-12(16)10-4-5-11(13)17-10/h2-6,15H,13H2,1H3,(H,14,16). The summed E-state index contributed by atoms with van der Waals surface area (Å²) in [6.07, 6.45) is 0. The van der Waals surface area contributed by atoms with Gasteiger partial charge in [-0.2, -0.15) is 0 Å². The average Bonchev–Trinajstić information content (AvgIpc) is 2.69. The predicted molar refractivity (Wildman–Crippen MR) is 63.9 cm³/mol. The molecule has 0 aliphatic rings. The smallest absolute Gasteiger partial charge is 0.291 e. The third-order valence-electron chi connectivity index (χ3n) is 2.25. The molecule has 0 unspecified atom stereocenters. The summed E-state index contributed by atoms with van der Waals surface area (Å²) >= 11 is 0. The van der Waals surface area contributed by atoms with Crippen LogP contribution in [0.2, 0.25) is 0 Å². The van der Waals surface area contributed by atoms with E-state index >= 15 is 0 Å². The monoisotopic (exact) mass is 232 g/mol. The molecule has 0 atom stereocenters. The van der Waals surface area contributed by atoms with Crippen LogP contribution in [0.3, 0.4) is 0 Å². The third kappa shape index (κ3) is 2.39. The number of nitrogens with two attached hydrogens (primary N) is 1. The minimum atomic E-state index is -0.458. The van der Waals surface area contributed by atoms with Crippen LogP contribution in [0.15, 0.2) is 34.7 Å². The van der Waals surface area contributed by atoms with Crippen LogP contribution in [0, 0.1) is 6.92 Å². The van der Waals surface area contributed by atoms with E-state index in [-0.39, 0.29) is 17.4 Å². The van der Waals surface area contributed by atoms with Crippen LogP contribution in [0.25, 0.3) is 0 Å². The molecule has 5 nitrogen and oxygen atoms in total. The number of hydrogen-bond acceptors (Lipinski definition) is 4. The minimum absolute atomic E-state index is 0.0119. The number of aromatic hydroxyl groups is 1. The van der Waals surface area contributed by atoms with Crippen molar-refractivity contribution < 1.29 is 14.3 Å². The van der Waals surface area contributed by atoms with E-state index in [1.807, 2.05) is 6.92 Å². The summed E-state index contributed by atoms with van der Waals surface area (Å²) in [6.45, 7) is 1.85. The number of aryl methyl sites for hydroxylation is 1. The summed E-state index contributed by atoms with van der Waals surface area (Å²) in [7, 11) is 0. The number of hydrogen-bond donors (Lipinski definition) is 3. The third-order valence-corrected chi connectivity index (χ3v) is 2.25. The number of phenolic OH excluding ortho intramolecular Hbond substituents is 1. The van der Waals surface area contributed by atoms with Crippen molar-refractivity contribution in [1.82, 2.24) is 0 Å².